The summed E-state index contributed by atoms with van der Waals surface area (Å²) in [6.45, 7) is 3.95. The van der Waals surface area contributed by atoms with Crippen molar-refractivity contribution < 1.29 is 8.42 Å². The van der Waals surface area contributed by atoms with Crippen LogP contribution in [0.25, 0.3) is 0 Å². The summed E-state index contributed by atoms with van der Waals surface area (Å²) < 4.78 is 27.4. The lowest BCUT2D eigenvalue weighted by atomic mass is 10.1. The van der Waals surface area contributed by atoms with Crippen LogP contribution in [0, 0.1) is 0 Å². The molecule has 1 aromatic carbocycles. The lowest BCUT2D eigenvalue weighted by molar-refractivity contribution is 0.527. The van der Waals surface area contributed by atoms with E-state index in [-0.39, 0.29) is 20.9 Å². The van der Waals surface area contributed by atoms with E-state index in [2.05, 4.69) is 11.6 Å². The Balaban J connectivity index is 2.92. The number of unbranched alkanes of at least 4 members (excludes halogenated alkanes) is 2. The Kier molecular flexibility index (Phi) is 7.06. The van der Waals surface area contributed by atoms with Crippen molar-refractivity contribution >= 4 is 38.8 Å². The Labute approximate surface area is 137 Å². The van der Waals surface area contributed by atoms with E-state index in [4.69, 9.17) is 29.6 Å². The van der Waals surface area contributed by atoms with Crippen LogP contribution in [0.1, 0.15) is 45.1 Å². The quantitative estimate of drug-likeness (QED) is 0.559. The number of hydrogen-bond donors (Lipinski definition) is 2. The molecule has 1 unspecified atom stereocenters. The van der Waals surface area contributed by atoms with E-state index in [1.165, 1.54) is 12.1 Å². The largest absolute Gasteiger partial charge is 0.389 e. The third-order valence-electron chi connectivity index (χ3n) is 3.10. The van der Waals surface area contributed by atoms with Crippen LogP contribution in [0.5, 0.6) is 0 Å². The average Bonchev–Trinajstić information content (AvgIpc) is 2.38. The Morgan fingerprint density at radius 2 is 2.10 bits per heavy atom. The molecule has 0 saturated carbocycles. The van der Waals surface area contributed by atoms with E-state index in [1.54, 1.807) is 6.07 Å². The van der Waals surface area contributed by atoms with Crippen molar-refractivity contribution in [3.8, 4) is 0 Å². The van der Waals surface area contributed by atoms with Gasteiger partial charge >= 0.3 is 0 Å². The molecule has 0 radical (unpaired) electrons. The first-order valence-electron chi connectivity index (χ1n) is 6.89. The van der Waals surface area contributed by atoms with Gasteiger partial charge in [-0.3, -0.25) is 0 Å². The fourth-order valence-electron chi connectivity index (χ4n) is 1.95. The van der Waals surface area contributed by atoms with Gasteiger partial charge in [-0.2, -0.15) is 0 Å². The molecule has 1 rings (SSSR count). The highest BCUT2D eigenvalue weighted by Gasteiger charge is 2.21. The highest BCUT2D eigenvalue weighted by atomic mass is 35.5. The molecule has 0 aliphatic rings. The third kappa shape index (κ3) is 5.54. The SMILES string of the molecule is CCCCCC(C)NS(=O)(=O)c1cc(C(N)=S)ccc1Cl. The van der Waals surface area contributed by atoms with Crippen LogP contribution in [0.3, 0.4) is 0 Å². The maximum absolute atomic E-state index is 12.4. The summed E-state index contributed by atoms with van der Waals surface area (Å²) in [6.07, 6.45) is 3.96. The number of rotatable bonds is 8. The minimum Gasteiger partial charge on any atom is -0.389 e. The zero-order chi connectivity index (χ0) is 16.0. The zero-order valence-corrected chi connectivity index (χ0v) is 14.6. The van der Waals surface area contributed by atoms with Crippen molar-refractivity contribution in [2.75, 3.05) is 0 Å². The number of nitrogens with one attached hydrogen (secondary N) is 1. The fourth-order valence-corrected chi connectivity index (χ4v) is 3.88. The normalized spacial score (nSPS) is 13.1. The van der Waals surface area contributed by atoms with Gasteiger partial charge in [-0.25, -0.2) is 13.1 Å². The number of thiocarbonyl (C=S) groups is 1. The van der Waals surface area contributed by atoms with Crippen LogP contribution in [-0.2, 0) is 10.0 Å². The minimum atomic E-state index is -3.68. The van der Waals surface area contributed by atoms with Crippen LogP contribution in [0.2, 0.25) is 5.02 Å². The van der Waals surface area contributed by atoms with Crippen molar-refractivity contribution in [2.45, 2.75) is 50.5 Å². The van der Waals surface area contributed by atoms with Crippen molar-refractivity contribution in [1.29, 1.82) is 0 Å². The summed E-state index contributed by atoms with van der Waals surface area (Å²) in [5.74, 6) is 0. The number of sulfonamides is 1. The molecule has 118 valence electrons. The molecule has 0 aliphatic heterocycles. The predicted molar refractivity (Wildman–Crippen MR) is 91.3 cm³/mol. The molecule has 21 heavy (non-hydrogen) atoms. The standard InChI is InChI=1S/C14H21ClN2O2S2/c1-3-4-5-6-10(2)17-21(18,19)13-9-11(14(16)20)7-8-12(13)15/h7-10,17H,3-6H2,1-2H3,(H2,16,20). The van der Waals surface area contributed by atoms with Crippen LogP contribution < -0.4 is 10.5 Å². The van der Waals surface area contributed by atoms with Crippen LogP contribution in [0.4, 0.5) is 0 Å². The van der Waals surface area contributed by atoms with Crippen molar-refractivity contribution in [3.63, 3.8) is 0 Å². The van der Waals surface area contributed by atoms with Gasteiger partial charge in [0.2, 0.25) is 10.0 Å². The highest BCUT2D eigenvalue weighted by molar-refractivity contribution is 7.89. The molecule has 3 N–H and O–H groups in total. The second kappa shape index (κ2) is 8.08. The number of hydrogen-bond acceptors (Lipinski definition) is 3. The van der Waals surface area contributed by atoms with Gasteiger partial charge < -0.3 is 5.73 Å². The number of halogens is 1. The van der Waals surface area contributed by atoms with Gasteiger partial charge in [0.05, 0.1) is 5.02 Å². The molecule has 0 saturated heterocycles. The van der Waals surface area contributed by atoms with Gasteiger partial charge in [-0.05, 0) is 25.5 Å². The summed E-state index contributed by atoms with van der Waals surface area (Å²) in [5.41, 5.74) is 6.01. The molecule has 0 spiro atoms. The topological polar surface area (TPSA) is 72.2 Å². The summed E-state index contributed by atoms with van der Waals surface area (Å²) in [7, 11) is -3.68. The van der Waals surface area contributed by atoms with Crippen LogP contribution >= 0.6 is 23.8 Å². The molecule has 0 aliphatic carbocycles. The first-order valence-corrected chi connectivity index (χ1v) is 9.16. The first-order chi connectivity index (χ1) is 9.77. The van der Waals surface area contributed by atoms with Gasteiger partial charge in [0, 0.05) is 11.6 Å². The maximum Gasteiger partial charge on any atom is 0.242 e. The predicted octanol–water partition coefficient (Wildman–Crippen LogP) is 3.22. The Morgan fingerprint density at radius 3 is 2.67 bits per heavy atom. The summed E-state index contributed by atoms with van der Waals surface area (Å²) in [5, 5.41) is 0.156. The maximum atomic E-state index is 12.4. The molecule has 4 nitrogen and oxygen atoms in total. The van der Waals surface area contributed by atoms with Gasteiger partial charge in [0.15, 0.2) is 0 Å². The van der Waals surface area contributed by atoms with Crippen LogP contribution in [-0.4, -0.2) is 19.4 Å². The molecule has 0 heterocycles. The molecular formula is C14H21ClN2O2S2. The number of benzene rings is 1. The van der Waals surface area contributed by atoms with Crippen molar-refractivity contribution in [2.24, 2.45) is 5.73 Å². The molecule has 0 bridgehead atoms. The first kappa shape index (κ1) is 18.4. The van der Waals surface area contributed by atoms with E-state index in [0.717, 1.165) is 25.7 Å². The molecule has 7 heteroatoms. The van der Waals surface area contributed by atoms with Crippen molar-refractivity contribution in [3.05, 3.63) is 28.8 Å². The molecule has 0 amide bonds. The lowest BCUT2D eigenvalue weighted by Crippen LogP contribution is -2.33. The average molecular weight is 349 g/mol. The monoisotopic (exact) mass is 348 g/mol. The number of nitrogens with two attached hydrogens (primary N) is 1. The summed E-state index contributed by atoms with van der Waals surface area (Å²) >= 11 is 10.9. The second-order valence-corrected chi connectivity index (χ2v) is 7.56. The van der Waals surface area contributed by atoms with Gasteiger partial charge in [0.25, 0.3) is 0 Å². The van der Waals surface area contributed by atoms with E-state index in [0.29, 0.717) is 5.56 Å². The molecular weight excluding hydrogens is 328 g/mol. The van der Waals surface area contributed by atoms with Gasteiger partial charge in [0.1, 0.15) is 9.88 Å². The minimum absolute atomic E-state index is 0.0109. The Hall–Kier alpha value is -0.690. The van der Waals surface area contributed by atoms with E-state index in [9.17, 15) is 8.42 Å². The van der Waals surface area contributed by atoms with Crippen molar-refractivity contribution in [1.82, 2.24) is 4.72 Å². The summed E-state index contributed by atoms with van der Waals surface area (Å²) in [6, 6.07) is 4.36. The highest BCUT2D eigenvalue weighted by Crippen LogP contribution is 2.23. The smallest absolute Gasteiger partial charge is 0.242 e. The second-order valence-electron chi connectivity index (χ2n) is 5.03. The molecule has 0 aromatic heterocycles. The Morgan fingerprint density at radius 1 is 1.43 bits per heavy atom. The zero-order valence-electron chi connectivity index (χ0n) is 12.2. The fraction of sp³-hybridized carbons (Fsp3) is 0.500. The molecule has 0 fully saturated rings. The molecule has 1 aromatic rings. The summed E-state index contributed by atoms with van der Waals surface area (Å²) in [4.78, 5) is 0.149. The van der Waals surface area contributed by atoms with E-state index >= 15 is 0 Å². The van der Waals surface area contributed by atoms with Gasteiger partial charge in [-0.15, -0.1) is 0 Å². The molecule has 1 atom stereocenters. The van der Waals surface area contributed by atoms with E-state index in [1.807, 2.05) is 6.92 Å². The Bertz CT molecular complexity index is 603. The van der Waals surface area contributed by atoms with Gasteiger partial charge in [-0.1, -0.05) is 56.1 Å². The van der Waals surface area contributed by atoms with Crippen LogP contribution in [0.15, 0.2) is 23.1 Å². The lowest BCUT2D eigenvalue weighted by Gasteiger charge is -2.15. The third-order valence-corrected chi connectivity index (χ3v) is 5.41. The van der Waals surface area contributed by atoms with E-state index < -0.39 is 10.0 Å².